The minimum atomic E-state index is -0.150. The smallest absolute Gasteiger partial charge is 0.0683 e. The highest BCUT2D eigenvalue weighted by Crippen LogP contribution is 2.21. The fraction of sp³-hybridized carbons (Fsp3) is 0.933. The van der Waals surface area contributed by atoms with Crippen LogP contribution >= 0.6 is 0 Å². The number of nitriles is 1. The summed E-state index contributed by atoms with van der Waals surface area (Å²) in [6.45, 7) is 14.2. The minimum absolute atomic E-state index is 0.150. The number of nitrogens with one attached hydrogen (secondary N) is 1. The topological polar surface area (TPSA) is 39.1 Å². The van der Waals surface area contributed by atoms with Crippen LogP contribution < -0.4 is 5.32 Å². The predicted molar refractivity (Wildman–Crippen MR) is 78.5 cm³/mol. The van der Waals surface area contributed by atoms with Crippen LogP contribution in [-0.4, -0.2) is 37.6 Å². The van der Waals surface area contributed by atoms with E-state index in [-0.39, 0.29) is 5.41 Å². The summed E-state index contributed by atoms with van der Waals surface area (Å²) in [6, 6.07) is 2.35. The molecular weight excluding hydrogens is 222 g/mol. The number of nitrogens with zero attached hydrogens (tertiary/aromatic N) is 2. The Morgan fingerprint density at radius 3 is 2.22 bits per heavy atom. The molecule has 0 radical (unpaired) electrons. The molecule has 0 bridgehead atoms. The molecule has 0 heterocycles. The summed E-state index contributed by atoms with van der Waals surface area (Å²) in [6.07, 6.45) is 4.55. The lowest BCUT2D eigenvalue weighted by Crippen LogP contribution is -2.27. The van der Waals surface area contributed by atoms with Crippen LogP contribution in [0, 0.1) is 16.7 Å². The van der Waals surface area contributed by atoms with Gasteiger partial charge < -0.3 is 10.2 Å². The highest BCUT2D eigenvalue weighted by atomic mass is 15.1. The zero-order valence-corrected chi connectivity index (χ0v) is 12.8. The van der Waals surface area contributed by atoms with Crippen molar-refractivity contribution in [2.45, 2.75) is 53.4 Å². The summed E-state index contributed by atoms with van der Waals surface area (Å²) in [5.74, 6) is 0. The van der Waals surface area contributed by atoms with E-state index in [4.69, 9.17) is 5.26 Å². The van der Waals surface area contributed by atoms with Gasteiger partial charge in [0.1, 0.15) is 0 Å². The molecule has 0 fully saturated rings. The maximum Gasteiger partial charge on any atom is 0.0683 e. The van der Waals surface area contributed by atoms with Gasteiger partial charge in [0.15, 0.2) is 0 Å². The first-order chi connectivity index (χ1) is 8.55. The zero-order valence-electron chi connectivity index (χ0n) is 12.8. The van der Waals surface area contributed by atoms with Crippen molar-refractivity contribution in [3.63, 3.8) is 0 Å². The van der Waals surface area contributed by atoms with E-state index in [9.17, 15) is 0 Å². The van der Waals surface area contributed by atoms with Gasteiger partial charge in [-0.3, -0.25) is 0 Å². The fourth-order valence-corrected chi connectivity index (χ4v) is 1.97. The Bertz CT molecular complexity index is 226. The highest BCUT2D eigenvalue weighted by molar-refractivity contribution is 4.91. The van der Waals surface area contributed by atoms with Gasteiger partial charge in [0.25, 0.3) is 0 Å². The van der Waals surface area contributed by atoms with Crippen molar-refractivity contribution in [2.24, 2.45) is 5.41 Å². The van der Waals surface area contributed by atoms with Crippen molar-refractivity contribution in [2.75, 3.05) is 32.7 Å². The van der Waals surface area contributed by atoms with Gasteiger partial charge in [-0.15, -0.1) is 0 Å². The van der Waals surface area contributed by atoms with Crippen molar-refractivity contribution in [1.82, 2.24) is 10.2 Å². The monoisotopic (exact) mass is 253 g/mol. The van der Waals surface area contributed by atoms with Crippen LogP contribution in [0.25, 0.3) is 0 Å². The van der Waals surface area contributed by atoms with Crippen LogP contribution in [0.4, 0.5) is 0 Å². The van der Waals surface area contributed by atoms with E-state index in [0.29, 0.717) is 0 Å². The Hall–Kier alpha value is -0.590. The lowest BCUT2D eigenvalue weighted by atomic mass is 9.89. The summed E-state index contributed by atoms with van der Waals surface area (Å²) in [5, 5.41) is 12.4. The lowest BCUT2D eigenvalue weighted by Gasteiger charge is -2.18. The molecule has 0 aromatic rings. The van der Waals surface area contributed by atoms with E-state index in [2.05, 4.69) is 30.1 Å². The summed E-state index contributed by atoms with van der Waals surface area (Å²) in [5.41, 5.74) is -0.150. The van der Waals surface area contributed by atoms with Crippen molar-refractivity contribution in [3.8, 4) is 6.07 Å². The molecule has 0 aliphatic rings. The maximum absolute atomic E-state index is 8.90. The molecule has 0 aromatic carbocycles. The first-order valence-corrected chi connectivity index (χ1v) is 7.40. The first kappa shape index (κ1) is 17.4. The van der Waals surface area contributed by atoms with Crippen molar-refractivity contribution in [1.29, 1.82) is 5.26 Å². The van der Waals surface area contributed by atoms with Gasteiger partial charge in [0.05, 0.1) is 11.5 Å². The third-order valence-electron chi connectivity index (χ3n) is 3.43. The fourth-order valence-electron chi connectivity index (χ4n) is 1.97. The number of hydrogen-bond acceptors (Lipinski definition) is 3. The van der Waals surface area contributed by atoms with Crippen LogP contribution in [0.1, 0.15) is 53.4 Å². The van der Waals surface area contributed by atoms with E-state index in [1.807, 2.05) is 13.8 Å². The summed E-state index contributed by atoms with van der Waals surface area (Å²) >= 11 is 0. The van der Waals surface area contributed by atoms with Gasteiger partial charge in [0, 0.05) is 0 Å². The van der Waals surface area contributed by atoms with Gasteiger partial charge in [-0.25, -0.2) is 0 Å². The Morgan fingerprint density at radius 2 is 1.67 bits per heavy atom. The standard InChI is InChI=1S/C15H31N3/c1-5-18(6-2)13-9-12-17-11-8-7-10-15(3,4)14-16/h17H,5-13H2,1-4H3. The van der Waals surface area contributed by atoms with Crippen LogP contribution in [0.2, 0.25) is 0 Å². The van der Waals surface area contributed by atoms with E-state index < -0.39 is 0 Å². The Balaban J connectivity index is 3.29. The Morgan fingerprint density at radius 1 is 1.06 bits per heavy atom. The average molecular weight is 253 g/mol. The minimum Gasteiger partial charge on any atom is -0.317 e. The van der Waals surface area contributed by atoms with E-state index in [1.54, 1.807) is 0 Å². The molecule has 1 N–H and O–H groups in total. The lowest BCUT2D eigenvalue weighted by molar-refractivity contribution is 0.297. The van der Waals surface area contributed by atoms with Gasteiger partial charge in [-0.2, -0.15) is 5.26 Å². The Kier molecular flexibility index (Phi) is 10.0. The summed E-state index contributed by atoms with van der Waals surface area (Å²) in [4.78, 5) is 2.46. The molecule has 0 saturated heterocycles. The van der Waals surface area contributed by atoms with Crippen molar-refractivity contribution in [3.05, 3.63) is 0 Å². The van der Waals surface area contributed by atoms with Crippen LogP contribution in [0.5, 0.6) is 0 Å². The molecule has 0 aromatic heterocycles. The van der Waals surface area contributed by atoms with E-state index in [1.165, 1.54) is 19.4 Å². The largest absolute Gasteiger partial charge is 0.317 e. The summed E-state index contributed by atoms with van der Waals surface area (Å²) in [7, 11) is 0. The normalized spacial score (nSPS) is 11.8. The second-order valence-electron chi connectivity index (χ2n) is 5.58. The number of unbranched alkanes of at least 4 members (excludes halogenated alkanes) is 1. The highest BCUT2D eigenvalue weighted by Gasteiger charge is 2.14. The predicted octanol–water partition coefficient (Wildman–Crippen LogP) is 3.03. The molecule has 3 heteroatoms. The average Bonchev–Trinajstić information content (AvgIpc) is 2.37. The molecule has 0 unspecified atom stereocenters. The van der Waals surface area contributed by atoms with Gasteiger partial charge in [0.2, 0.25) is 0 Å². The third-order valence-corrected chi connectivity index (χ3v) is 3.43. The molecule has 0 rings (SSSR count). The van der Waals surface area contributed by atoms with Crippen LogP contribution in [0.15, 0.2) is 0 Å². The molecule has 0 spiro atoms. The molecule has 0 saturated carbocycles. The zero-order chi connectivity index (χ0) is 13.9. The first-order valence-electron chi connectivity index (χ1n) is 7.40. The van der Waals surface area contributed by atoms with E-state index >= 15 is 0 Å². The molecule has 3 nitrogen and oxygen atoms in total. The molecule has 0 atom stereocenters. The van der Waals surface area contributed by atoms with Gasteiger partial charge >= 0.3 is 0 Å². The molecule has 0 amide bonds. The molecule has 0 aliphatic heterocycles. The molecule has 0 aliphatic carbocycles. The van der Waals surface area contributed by atoms with Crippen molar-refractivity contribution < 1.29 is 0 Å². The molecular formula is C15H31N3. The second kappa shape index (κ2) is 10.3. The SMILES string of the molecule is CCN(CC)CCCNCCCCC(C)(C)C#N. The van der Waals surface area contributed by atoms with Crippen LogP contribution in [-0.2, 0) is 0 Å². The third kappa shape index (κ3) is 9.44. The number of rotatable bonds is 11. The summed E-state index contributed by atoms with van der Waals surface area (Å²) < 4.78 is 0. The van der Waals surface area contributed by atoms with Gasteiger partial charge in [-0.1, -0.05) is 20.3 Å². The Labute approximate surface area is 114 Å². The molecule has 18 heavy (non-hydrogen) atoms. The quantitative estimate of drug-likeness (QED) is 0.575. The van der Waals surface area contributed by atoms with Crippen molar-refractivity contribution >= 4 is 0 Å². The molecule has 106 valence electrons. The second-order valence-corrected chi connectivity index (χ2v) is 5.58. The van der Waals surface area contributed by atoms with Crippen LogP contribution in [0.3, 0.4) is 0 Å². The van der Waals surface area contributed by atoms with Gasteiger partial charge in [-0.05, 0) is 65.8 Å². The number of hydrogen-bond donors (Lipinski definition) is 1. The maximum atomic E-state index is 8.90. The van der Waals surface area contributed by atoms with E-state index in [0.717, 1.165) is 39.0 Å².